The van der Waals surface area contributed by atoms with Crippen LogP contribution in [-0.4, -0.2) is 18.3 Å². The minimum absolute atomic E-state index is 0.336. The zero-order chi connectivity index (χ0) is 16.4. The number of aryl methyl sites for hydroxylation is 1. The van der Waals surface area contributed by atoms with E-state index in [0.29, 0.717) is 0 Å². The summed E-state index contributed by atoms with van der Waals surface area (Å²) in [4.78, 5) is 0. The zero-order valence-electron chi connectivity index (χ0n) is 14.3. The van der Waals surface area contributed by atoms with Gasteiger partial charge in [-0.2, -0.15) is 0 Å². The van der Waals surface area contributed by atoms with E-state index in [9.17, 15) is 0 Å². The Kier molecular flexibility index (Phi) is 2.97. The van der Waals surface area contributed by atoms with Crippen LogP contribution >= 0.6 is 0 Å². The Morgan fingerprint density at radius 2 is 1.35 bits per heavy atom. The highest BCUT2D eigenvalue weighted by Crippen LogP contribution is 2.37. The molecule has 0 radical (unpaired) electrons. The third kappa shape index (κ3) is 2.20. The fourth-order valence-electron chi connectivity index (χ4n) is 3.03. The SMILES string of the molecule is Cc1ccc2c(c1)oc1cc(B3OC(C)(C)C(C)(C)O3)ccc12. The predicted octanol–water partition coefficient (Wildman–Crippen LogP) is 4.19. The van der Waals surface area contributed by atoms with Crippen LogP contribution in [0.1, 0.15) is 33.3 Å². The van der Waals surface area contributed by atoms with Gasteiger partial charge in [-0.1, -0.05) is 24.3 Å². The van der Waals surface area contributed by atoms with Crippen molar-refractivity contribution in [2.45, 2.75) is 45.8 Å². The van der Waals surface area contributed by atoms with Gasteiger partial charge in [0.2, 0.25) is 0 Å². The van der Waals surface area contributed by atoms with Crippen LogP contribution in [0.3, 0.4) is 0 Å². The van der Waals surface area contributed by atoms with Gasteiger partial charge in [0.15, 0.2) is 0 Å². The molecular weight excluding hydrogens is 287 g/mol. The van der Waals surface area contributed by atoms with Crippen molar-refractivity contribution in [2.24, 2.45) is 0 Å². The number of hydrogen-bond donors (Lipinski definition) is 0. The van der Waals surface area contributed by atoms with Crippen molar-refractivity contribution < 1.29 is 13.7 Å². The first-order valence-corrected chi connectivity index (χ1v) is 8.05. The molecule has 0 saturated carbocycles. The van der Waals surface area contributed by atoms with Crippen molar-refractivity contribution in [2.75, 3.05) is 0 Å². The summed E-state index contributed by atoms with van der Waals surface area (Å²) in [5, 5.41) is 2.27. The molecule has 2 aromatic carbocycles. The molecule has 3 nitrogen and oxygen atoms in total. The van der Waals surface area contributed by atoms with E-state index in [-0.39, 0.29) is 18.3 Å². The lowest BCUT2D eigenvalue weighted by Crippen LogP contribution is -2.41. The van der Waals surface area contributed by atoms with Gasteiger partial charge in [0.1, 0.15) is 11.2 Å². The van der Waals surface area contributed by atoms with Gasteiger partial charge in [-0.15, -0.1) is 0 Å². The molecule has 2 heterocycles. The molecule has 23 heavy (non-hydrogen) atoms. The average Bonchev–Trinajstić information content (AvgIpc) is 2.91. The minimum Gasteiger partial charge on any atom is -0.456 e. The zero-order valence-corrected chi connectivity index (χ0v) is 14.3. The maximum Gasteiger partial charge on any atom is 0.494 e. The molecular formula is C19H21BO3. The monoisotopic (exact) mass is 308 g/mol. The Morgan fingerprint density at radius 1 is 0.783 bits per heavy atom. The Morgan fingerprint density at radius 3 is 2.00 bits per heavy atom. The molecule has 1 saturated heterocycles. The normalized spacial score (nSPS) is 19.8. The second kappa shape index (κ2) is 4.62. The van der Waals surface area contributed by atoms with Crippen molar-refractivity contribution in [3.8, 4) is 0 Å². The first-order chi connectivity index (χ1) is 10.8. The van der Waals surface area contributed by atoms with E-state index < -0.39 is 0 Å². The van der Waals surface area contributed by atoms with Crippen LogP contribution in [0.25, 0.3) is 21.9 Å². The van der Waals surface area contributed by atoms with Gasteiger partial charge in [-0.05, 0) is 57.8 Å². The van der Waals surface area contributed by atoms with Gasteiger partial charge in [0.25, 0.3) is 0 Å². The summed E-state index contributed by atoms with van der Waals surface area (Å²) in [6.07, 6.45) is 0. The lowest BCUT2D eigenvalue weighted by atomic mass is 9.79. The largest absolute Gasteiger partial charge is 0.494 e. The van der Waals surface area contributed by atoms with Crippen LogP contribution in [0.4, 0.5) is 0 Å². The Hall–Kier alpha value is -1.78. The van der Waals surface area contributed by atoms with E-state index in [0.717, 1.165) is 27.4 Å². The molecule has 1 aliphatic rings. The van der Waals surface area contributed by atoms with E-state index in [1.807, 2.05) is 6.07 Å². The second-order valence-corrected chi connectivity index (χ2v) is 7.45. The topological polar surface area (TPSA) is 31.6 Å². The number of fused-ring (bicyclic) bond motifs is 3. The molecule has 0 atom stereocenters. The molecule has 1 fully saturated rings. The van der Waals surface area contributed by atoms with E-state index in [4.69, 9.17) is 13.7 Å². The first kappa shape index (κ1) is 14.8. The van der Waals surface area contributed by atoms with Crippen LogP contribution in [0.5, 0.6) is 0 Å². The molecule has 0 amide bonds. The third-order valence-corrected chi connectivity index (χ3v) is 5.18. The predicted molar refractivity (Wildman–Crippen MR) is 94.2 cm³/mol. The van der Waals surface area contributed by atoms with Crippen LogP contribution in [-0.2, 0) is 9.31 Å². The number of benzene rings is 2. The van der Waals surface area contributed by atoms with Crippen LogP contribution in [0.2, 0.25) is 0 Å². The summed E-state index contributed by atoms with van der Waals surface area (Å²) in [6, 6.07) is 12.5. The highest BCUT2D eigenvalue weighted by Gasteiger charge is 2.51. The fourth-order valence-corrected chi connectivity index (χ4v) is 3.03. The van der Waals surface area contributed by atoms with Crippen molar-refractivity contribution in [3.63, 3.8) is 0 Å². The molecule has 1 aliphatic heterocycles. The molecule has 0 aliphatic carbocycles. The fraction of sp³-hybridized carbons (Fsp3) is 0.368. The second-order valence-electron chi connectivity index (χ2n) is 7.45. The number of rotatable bonds is 1. The van der Waals surface area contributed by atoms with Gasteiger partial charge < -0.3 is 13.7 Å². The summed E-state index contributed by atoms with van der Waals surface area (Å²) in [6.45, 7) is 10.3. The lowest BCUT2D eigenvalue weighted by Gasteiger charge is -2.32. The highest BCUT2D eigenvalue weighted by atomic mass is 16.7. The lowest BCUT2D eigenvalue weighted by molar-refractivity contribution is 0.00578. The summed E-state index contributed by atoms with van der Waals surface area (Å²) in [5.41, 5.74) is 3.31. The quantitative estimate of drug-likeness (QED) is 0.632. The van der Waals surface area contributed by atoms with Gasteiger partial charge in [-0.3, -0.25) is 0 Å². The average molecular weight is 308 g/mol. The number of furan rings is 1. The Bertz CT molecular complexity index is 892. The number of hydrogen-bond acceptors (Lipinski definition) is 3. The Balaban J connectivity index is 1.79. The van der Waals surface area contributed by atoms with Gasteiger partial charge in [-0.25, -0.2) is 0 Å². The van der Waals surface area contributed by atoms with E-state index in [1.165, 1.54) is 5.56 Å². The maximum atomic E-state index is 6.13. The van der Waals surface area contributed by atoms with E-state index in [2.05, 4.69) is 65.0 Å². The van der Waals surface area contributed by atoms with Crippen molar-refractivity contribution in [1.29, 1.82) is 0 Å². The summed E-state index contributed by atoms with van der Waals surface area (Å²) in [7, 11) is -0.362. The standard InChI is InChI=1S/C19H21BO3/c1-12-6-8-14-15-9-7-13(11-17(15)21-16(14)10-12)20-22-18(2,3)19(4,5)23-20/h6-11H,1-5H3. The molecule has 0 N–H and O–H groups in total. The molecule has 118 valence electrons. The first-order valence-electron chi connectivity index (χ1n) is 8.05. The maximum absolute atomic E-state index is 6.13. The van der Waals surface area contributed by atoms with E-state index in [1.54, 1.807) is 0 Å². The molecule has 0 unspecified atom stereocenters. The molecule has 4 heteroatoms. The van der Waals surface area contributed by atoms with Crippen LogP contribution < -0.4 is 5.46 Å². The summed E-state index contributed by atoms with van der Waals surface area (Å²) in [5.74, 6) is 0. The molecule has 4 rings (SSSR count). The summed E-state index contributed by atoms with van der Waals surface area (Å²) >= 11 is 0. The minimum atomic E-state index is -0.362. The highest BCUT2D eigenvalue weighted by molar-refractivity contribution is 6.62. The van der Waals surface area contributed by atoms with Crippen molar-refractivity contribution in [3.05, 3.63) is 42.0 Å². The van der Waals surface area contributed by atoms with Crippen LogP contribution in [0, 0.1) is 6.92 Å². The van der Waals surface area contributed by atoms with Gasteiger partial charge in [0, 0.05) is 10.8 Å². The molecule has 3 aromatic rings. The summed E-state index contributed by atoms with van der Waals surface area (Å²) < 4.78 is 18.3. The van der Waals surface area contributed by atoms with Gasteiger partial charge >= 0.3 is 7.12 Å². The smallest absolute Gasteiger partial charge is 0.456 e. The van der Waals surface area contributed by atoms with Gasteiger partial charge in [0.05, 0.1) is 11.2 Å². The van der Waals surface area contributed by atoms with Crippen LogP contribution in [0.15, 0.2) is 40.8 Å². The van der Waals surface area contributed by atoms with Crippen molar-refractivity contribution >= 4 is 34.5 Å². The third-order valence-electron chi connectivity index (χ3n) is 5.18. The Labute approximate surface area is 136 Å². The molecule has 1 aromatic heterocycles. The van der Waals surface area contributed by atoms with Crippen molar-refractivity contribution in [1.82, 2.24) is 0 Å². The molecule has 0 spiro atoms. The van der Waals surface area contributed by atoms with E-state index >= 15 is 0 Å². The molecule has 0 bridgehead atoms.